The number of carbonyl (C=O) groups excluding carboxylic acids is 1. The molecule has 0 atom stereocenters. The van der Waals surface area contributed by atoms with Gasteiger partial charge in [-0.1, -0.05) is 24.3 Å². The SMILES string of the molecule is NCc1ccc(CNC(=O)c2ccc(I)cc2)cc1. The fourth-order valence-corrected chi connectivity index (χ4v) is 2.04. The van der Waals surface area contributed by atoms with Crippen molar-refractivity contribution in [2.45, 2.75) is 13.1 Å². The van der Waals surface area contributed by atoms with E-state index in [1.54, 1.807) is 0 Å². The molecule has 19 heavy (non-hydrogen) atoms. The van der Waals surface area contributed by atoms with Gasteiger partial charge in [-0.2, -0.15) is 0 Å². The first kappa shape index (κ1) is 14.0. The first-order chi connectivity index (χ1) is 9.19. The maximum Gasteiger partial charge on any atom is 0.251 e. The minimum Gasteiger partial charge on any atom is -0.348 e. The molecule has 2 rings (SSSR count). The molecule has 0 unspecified atom stereocenters. The molecule has 0 aliphatic heterocycles. The molecular formula is C15H15IN2O. The Balaban J connectivity index is 1.94. The number of nitrogens with one attached hydrogen (secondary N) is 1. The Kier molecular flexibility index (Phi) is 4.93. The number of halogens is 1. The van der Waals surface area contributed by atoms with Crippen LogP contribution in [0.2, 0.25) is 0 Å². The Morgan fingerprint density at radius 3 is 2.16 bits per heavy atom. The smallest absolute Gasteiger partial charge is 0.251 e. The van der Waals surface area contributed by atoms with Gasteiger partial charge in [0.1, 0.15) is 0 Å². The van der Waals surface area contributed by atoms with Crippen LogP contribution in [0.3, 0.4) is 0 Å². The topological polar surface area (TPSA) is 55.1 Å². The molecule has 0 saturated carbocycles. The molecule has 3 N–H and O–H groups in total. The first-order valence-electron chi connectivity index (χ1n) is 6.00. The van der Waals surface area contributed by atoms with Gasteiger partial charge >= 0.3 is 0 Å². The predicted octanol–water partition coefficient (Wildman–Crippen LogP) is 2.68. The van der Waals surface area contributed by atoms with Crippen LogP contribution in [0.1, 0.15) is 21.5 Å². The van der Waals surface area contributed by atoms with Gasteiger partial charge in [0, 0.05) is 22.2 Å². The van der Waals surface area contributed by atoms with Crippen LogP contribution in [0, 0.1) is 3.57 Å². The van der Waals surface area contributed by atoms with Gasteiger partial charge in [-0.15, -0.1) is 0 Å². The van der Waals surface area contributed by atoms with E-state index in [9.17, 15) is 4.79 Å². The van der Waals surface area contributed by atoms with Crippen LogP contribution in [-0.2, 0) is 13.1 Å². The van der Waals surface area contributed by atoms with Gasteiger partial charge in [0.05, 0.1) is 0 Å². The van der Waals surface area contributed by atoms with E-state index in [-0.39, 0.29) is 5.91 Å². The summed E-state index contributed by atoms with van der Waals surface area (Å²) in [6.45, 7) is 1.06. The maximum absolute atomic E-state index is 11.9. The lowest BCUT2D eigenvalue weighted by Gasteiger charge is -2.06. The molecule has 0 bridgehead atoms. The van der Waals surface area contributed by atoms with Gasteiger partial charge in [-0.25, -0.2) is 0 Å². The number of amides is 1. The fourth-order valence-electron chi connectivity index (χ4n) is 1.68. The predicted molar refractivity (Wildman–Crippen MR) is 84.7 cm³/mol. The molecule has 0 saturated heterocycles. The van der Waals surface area contributed by atoms with Crippen molar-refractivity contribution in [3.05, 3.63) is 68.8 Å². The van der Waals surface area contributed by atoms with Crippen molar-refractivity contribution in [2.75, 3.05) is 0 Å². The number of carbonyl (C=O) groups is 1. The quantitative estimate of drug-likeness (QED) is 0.818. The highest BCUT2D eigenvalue weighted by Gasteiger charge is 2.04. The molecule has 1 amide bonds. The highest BCUT2D eigenvalue weighted by Crippen LogP contribution is 2.07. The van der Waals surface area contributed by atoms with E-state index >= 15 is 0 Å². The van der Waals surface area contributed by atoms with E-state index in [4.69, 9.17) is 5.73 Å². The minimum absolute atomic E-state index is 0.0562. The van der Waals surface area contributed by atoms with E-state index in [0.29, 0.717) is 18.7 Å². The summed E-state index contributed by atoms with van der Waals surface area (Å²) in [6, 6.07) is 15.4. The summed E-state index contributed by atoms with van der Waals surface area (Å²) < 4.78 is 1.12. The highest BCUT2D eigenvalue weighted by molar-refractivity contribution is 14.1. The maximum atomic E-state index is 11.9. The van der Waals surface area contributed by atoms with Crippen LogP contribution in [0.4, 0.5) is 0 Å². The summed E-state index contributed by atoms with van der Waals surface area (Å²) in [5.74, 6) is -0.0562. The third-order valence-electron chi connectivity index (χ3n) is 2.82. The molecule has 2 aromatic rings. The normalized spacial score (nSPS) is 10.2. The second kappa shape index (κ2) is 6.68. The lowest BCUT2D eigenvalue weighted by atomic mass is 10.1. The van der Waals surface area contributed by atoms with Crippen molar-refractivity contribution in [1.29, 1.82) is 0 Å². The van der Waals surface area contributed by atoms with E-state index in [1.165, 1.54) is 0 Å². The van der Waals surface area contributed by atoms with Crippen molar-refractivity contribution >= 4 is 28.5 Å². The zero-order valence-corrected chi connectivity index (χ0v) is 12.6. The molecule has 2 aromatic carbocycles. The zero-order valence-electron chi connectivity index (χ0n) is 10.4. The third-order valence-corrected chi connectivity index (χ3v) is 3.54. The van der Waals surface area contributed by atoms with Crippen molar-refractivity contribution in [1.82, 2.24) is 5.32 Å². The molecule has 98 valence electrons. The van der Waals surface area contributed by atoms with Crippen molar-refractivity contribution in [2.24, 2.45) is 5.73 Å². The largest absolute Gasteiger partial charge is 0.348 e. The highest BCUT2D eigenvalue weighted by atomic mass is 127. The number of hydrogen-bond donors (Lipinski definition) is 2. The van der Waals surface area contributed by atoms with E-state index in [2.05, 4.69) is 27.9 Å². The molecule has 0 heterocycles. The van der Waals surface area contributed by atoms with Crippen molar-refractivity contribution in [3.63, 3.8) is 0 Å². The van der Waals surface area contributed by atoms with Crippen LogP contribution in [0.15, 0.2) is 48.5 Å². The molecule has 0 fully saturated rings. The summed E-state index contributed by atoms with van der Waals surface area (Å²) in [5, 5.41) is 2.90. The molecule has 0 spiro atoms. The molecule has 4 heteroatoms. The summed E-state index contributed by atoms with van der Waals surface area (Å²) >= 11 is 2.22. The zero-order chi connectivity index (χ0) is 13.7. The molecule has 0 aliphatic carbocycles. The summed E-state index contributed by atoms with van der Waals surface area (Å²) in [6.07, 6.45) is 0. The van der Waals surface area contributed by atoms with Gasteiger partial charge < -0.3 is 11.1 Å². The van der Waals surface area contributed by atoms with E-state index < -0.39 is 0 Å². The molecular weight excluding hydrogens is 351 g/mol. The number of benzene rings is 2. The van der Waals surface area contributed by atoms with Crippen LogP contribution in [-0.4, -0.2) is 5.91 Å². The average Bonchev–Trinajstić information content (AvgIpc) is 2.46. The Bertz CT molecular complexity index is 549. The van der Waals surface area contributed by atoms with Gasteiger partial charge in [0.2, 0.25) is 0 Å². The second-order valence-electron chi connectivity index (χ2n) is 4.21. The first-order valence-corrected chi connectivity index (χ1v) is 7.08. The number of rotatable bonds is 4. The van der Waals surface area contributed by atoms with Crippen LogP contribution in [0.25, 0.3) is 0 Å². The van der Waals surface area contributed by atoms with E-state index in [0.717, 1.165) is 14.7 Å². The van der Waals surface area contributed by atoms with Crippen LogP contribution in [0.5, 0.6) is 0 Å². The number of nitrogens with two attached hydrogens (primary N) is 1. The van der Waals surface area contributed by atoms with Crippen LogP contribution < -0.4 is 11.1 Å². The monoisotopic (exact) mass is 366 g/mol. The lowest BCUT2D eigenvalue weighted by molar-refractivity contribution is 0.0951. The summed E-state index contributed by atoms with van der Waals surface area (Å²) in [5.41, 5.74) is 8.38. The summed E-state index contributed by atoms with van der Waals surface area (Å²) in [7, 11) is 0. The van der Waals surface area contributed by atoms with Gasteiger partial charge in [-0.3, -0.25) is 4.79 Å². The van der Waals surface area contributed by atoms with Gasteiger partial charge in [0.15, 0.2) is 0 Å². The summed E-state index contributed by atoms with van der Waals surface area (Å²) in [4.78, 5) is 11.9. The molecule has 0 aliphatic rings. The standard InChI is InChI=1S/C15H15IN2O/c16-14-7-5-13(6-8-14)15(19)18-10-12-3-1-11(9-17)2-4-12/h1-8H,9-10,17H2,(H,18,19). The molecule has 3 nitrogen and oxygen atoms in total. The average molecular weight is 366 g/mol. The molecule has 0 radical (unpaired) electrons. The van der Waals surface area contributed by atoms with Crippen molar-refractivity contribution in [3.8, 4) is 0 Å². The lowest BCUT2D eigenvalue weighted by Crippen LogP contribution is -2.22. The minimum atomic E-state index is -0.0562. The van der Waals surface area contributed by atoms with Crippen LogP contribution >= 0.6 is 22.6 Å². The fraction of sp³-hybridized carbons (Fsp3) is 0.133. The number of hydrogen-bond acceptors (Lipinski definition) is 2. The third kappa shape index (κ3) is 4.04. The Morgan fingerprint density at radius 1 is 1.00 bits per heavy atom. The Labute approximate surface area is 126 Å². The Morgan fingerprint density at radius 2 is 1.58 bits per heavy atom. The van der Waals surface area contributed by atoms with Crippen molar-refractivity contribution < 1.29 is 4.79 Å². The molecule has 0 aromatic heterocycles. The van der Waals surface area contributed by atoms with Gasteiger partial charge in [-0.05, 0) is 58.0 Å². The van der Waals surface area contributed by atoms with E-state index in [1.807, 2.05) is 48.5 Å². The Hall–Kier alpha value is -1.40. The second-order valence-corrected chi connectivity index (χ2v) is 5.46. The van der Waals surface area contributed by atoms with Gasteiger partial charge in [0.25, 0.3) is 5.91 Å².